The summed E-state index contributed by atoms with van der Waals surface area (Å²) in [7, 11) is 1.62. The second kappa shape index (κ2) is 9.39. The first-order valence-corrected chi connectivity index (χ1v) is 12.0. The molecule has 5 aromatic rings. The minimum absolute atomic E-state index is 0.195. The molecule has 0 fully saturated rings. The maximum atomic E-state index is 12.8. The fourth-order valence-corrected chi connectivity index (χ4v) is 4.68. The van der Waals surface area contributed by atoms with E-state index in [-0.39, 0.29) is 12.7 Å². The van der Waals surface area contributed by atoms with E-state index in [9.17, 15) is 4.79 Å². The molecule has 6 rings (SSSR count). The summed E-state index contributed by atoms with van der Waals surface area (Å²) in [5.41, 5.74) is 5.33. The monoisotopic (exact) mass is 491 g/mol. The molecule has 1 aromatic heterocycles. The van der Waals surface area contributed by atoms with Gasteiger partial charge in [0.2, 0.25) is 12.7 Å². The number of carbonyl (C=O) groups excluding carboxylic acids is 1. The molecule has 1 amide bonds. The summed E-state index contributed by atoms with van der Waals surface area (Å²) < 4.78 is 22.3. The second-order valence-electron chi connectivity index (χ2n) is 8.99. The molecule has 0 spiro atoms. The lowest BCUT2D eigenvalue weighted by Crippen LogP contribution is -2.20. The van der Waals surface area contributed by atoms with E-state index in [1.165, 1.54) is 10.8 Å². The van der Waals surface area contributed by atoms with E-state index in [0.29, 0.717) is 18.0 Å². The number of methoxy groups -OCH3 is 1. The Morgan fingerprint density at radius 3 is 2.68 bits per heavy atom. The van der Waals surface area contributed by atoms with Gasteiger partial charge in [-0.25, -0.2) is 0 Å². The quantitative estimate of drug-likeness (QED) is 0.267. The van der Waals surface area contributed by atoms with Gasteiger partial charge in [0.05, 0.1) is 13.4 Å². The van der Waals surface area contributed by atoms with Gasteiger partial charge in [-0.05, 0) is 58.7 Å². The standard InChI is InChI=1S/C31H25NO5/c1-19(11-31(33)32-16-20-7-10-27-30(12-20)37-18-36-27)24-14-25-26(17-35-29(25)15-28(24)34-2)23-9-8-21-5-3-4-6-22(21)13-23/h3-15,17H,16,18H2,1-2H3,(H,32,33)/b19-11+. The topological polar surface area (TPSA) is 69.9 Å². The Hall–Kier alpha value is -4.71. The van der Waals surface area contributed by atoms with E-state index in [2.05, 4.69) is 35.6 Å². The number of hydrogen-bond acceptors (Lipinski definition) is 5. The predicted octanol–water partition coefficient (Wildman–Crippen LogP) is 6.71. The first-order chi connectivity index (χ1) is 18.1. The van der Waals surface area contributed by atoms with E-state index in [1.807, 2.05) is 49.4 Å². The van der Waals surface area contributed by atoms with Gasteiger partial charge in [0.25, 0.3) is 0 Å². The third-order valence-electron chi connectivity index (χ3n) is 6.63. The Bertz CT molecular complexity index is 1680. The highest BCUT2D eigenvalue weighted by Gasteiger charge is 2.16. The maximum Gasteiger partial charge on any atom is 0.244 e. The van der Waals surface area contributed by atoms with Gasteiger partial charge in [-0.3, -0.25) is 4.79 Å². The molecule has 2 heterocycles. The highest BCUT2D eigenvalue weighted by molar-refractivity contribution is 6.01. The maximum absolute atomic E-state index is 12.8. The van der Waals surface area contributed by atoms with Gasteiger partial charge in [0, 0.05) is 35.2 Å². The van der Waals surface area contributed by atoms with Crippen molar-refractivity contribution in [3.63, 3.8) is 0 Å². The van der Waals surface area contributed by atoms with Crippen LogP contribution in [0, 0.1) is 0 Å². The van der Waals surface area contributed by atoms with Crippen LogP contribution in [0.1, 0.15) is 18.1 Å². The third-order valence-corrected chi connectivity index (χ3v) is 6.63. The molecule has 6 heteroatoms. The Morgan fingerprint density at radius 1 is 0.973 bits per heavy atom. The zero-order valence-corrected chi connectivity index (χ0v) is 20.5. The summed E-state index contributed by atoms with van der Waals surface area (Å²) in [6.07, 6.45) is 3.36. The molecule has 6 nitrogen and oxygen atoms in total. The number of allylic oxidation sites excluding steroid dienone is 1. The highest BCUT2D eigenvalue weighted by Crippen LogP contribution is 2.38. The largest absolute Gasteiger partial charge is 0.496 e. The number of benzene rings is 4. The molecule has 0 saturated heterocycles. The van der Waals surface area contributed by atoms with E-state index in [4.69, 9.17) is 18.6 Å². The first-order valence-electron chi connectivity index (χ1n) is 12.0. The lowest BCUT2D eigenvalue weighted by Gasteiger charge is -2.11. The number of nitrogens with one attached hydrogen (secondary N) is 1. The smallest absolute Gasteiger partial charge is 0.244 e. The second-order valence-corrected chi connectivity index (χ2v) is 8.99. The Balaban J connectivity index is 1.28. The molecule has 0 saturated carbocycles. The molecule has 1 N–H and O–H groups in total. The van der Waals surface area contributed by atoms with Crippen molar-refractivity contribution in [3.8, 4) is 28.4 Å². The van der Waals surface area contributed by atoms with Gasteiger partial charge in [0.1, 0.15) is 11.3 Å². The normalized spacial score (nSPS) is 12.8. The van der Waals surface area contributed by atoms with Gasteiger partial charge < -0.3 is 23.9 Å². The summed E-state index contributed by atoms with van der Waals surface area (Å²) >= 11 is 0. The van der Waals surface area contributed by atoms with Crippen molar-refractivity contribution in [2.75, 3.05) is 13.9 Å². The summed E-state index contributed by atoms with van der Waals surface area (Å²) in [5, 5.41) is 6.25. The first kappa shape index (κ1) is 22.7. The molecule has 0 atom stereocenters. The molecule has 1 aliphatic heterocycles. The van der Waals surface area contributed by atoms with E-state index in [1.54, 1.807) is 19.4 Å². The number of fused-ring (bicyclic) bond motifs is 3. The van der Waals surface area contributed by atoms with Crippen LogP contribution in [0.15, 0.2) is 89.6 Å². The molecule has 0 unspecified atom stereocenters. The third kappa shape index (κ3) is 4.38. The minimum Gasteiger partial charge on any atom is -0.496 e. The molecule has 0 aliphatic carbocycles. The SMILES string of the molecule is COc1cc2occ(-c3ccc4ccccc4c3)c2cc1/C(C)=C/C(=O)NCc1ccc2c(c1)OCO2. The summed E-state index contributed by atoms with van der Waals surface area (Å²) in [6, 6.07) is 24.2. The van der Waals surface area contributed by atoms with Crippen molar-refractivity contribution < 1.29 is 23.4 Å². The van der Waals surface area contributed by atoms with Crippen LogP contribution < -0.4 is 19.5 Å². The number of rotatable bonds is 6. The fourth-order valence-electron chi connectivity index (χ4n) is 4.68. The molecule has 4 aromatic carbocycles. The lowest BCUT2D eigenvalue weighted by atomic mass is 9.97. The van der Waals surface area contributed by atoms with Crippen LogP contribution in [0.2, 0.25) is 0 Å². The van der Waals surface area contributed by atoms with E-state index in [0.717, 1.165) is 44.5 Å². The molecule has 0 bridgehead atoms. The summed E-state index contributed by atoms with van der Waals surface area (Å²) in [6.45, 7) is 2.50. The number of hydrogen-bond donors (Lipinski definition) is 1. The van der Waals surface area contributed by atoms with Crippen LogP contribution in [-0.4, -0.2) is 19.8 Å². The Kier molecular flexibility index (Phi) is 5.77. The van der Waals surface area contributed by atoms with Crippen LogP contribution in [0.4, 0.5) is 0 Å². The molecular weight excluding hydrogens is 466 g/mol. The fraction of sp³-hybridized carbons (Fsp3) is 0.129. The Labute approximate surface area is 214 Å². The summed E-state index contributed by atoms with van der Waals surface area (Å²) in [5.74, 6) is 1.86. The Morgan fingerprint density at radius 2 is 1.81 bits per heavy atom. The van der Waals surface area contributed by atoms with Crippen LogP contribution in [0.5, 0.6) is 17.2 Å². The average molecular weight is 492 g/mol. The average Bonchev–Trinajstić information content (AvgIpc) is 3.57. The highest BCUT2D eigenvalue weighted by atomic mass is 16.7. The number of carbonyl (C=O) groups is 1. The lowest BCUT2D eigenvalue weighted by molar-refractivity contribution is -0.116. The zero-order valence-electron chi connectivity index (χ0n) is 20.5. The molecular formula is C31H25NO5. The van der Waals surface area contributed by atoms with Crippen molar-refractivity contribution in [3.05, 3.63) is 96.3 Å². The van der Waals surface area contributed by atoms with Crippen LogP contribution in [0.25, 0.3) is 38.4 Å². The minimum atomic E-state index is -0.195. The number of amides is 1. The predicted molar refractivity (Wildman–Crippen MR) is 144 cm³/mol. The molecule has 0 radical (unpaired) electrons. The van der Waals surface area contributed by atoms with Crippen molar-refractivity contribution in [1.82, 2.24) is 5.32 Å². The van der Waals surface area contributed by atoms with Gasteiger partial charge in [0.15, 0.2) is 11.5 Å². The molecule has 1 aliphatic rings. The number of ether oxygens (including phenoxy) is 3. The zero-order chi connectivity index (χ0) is 25.4. The van der Waals surface area contributed by atoms with Crippen molar-refractivity contribution in [2.45, 2.75) is 13.5 Å². The molecule has 184 valence electrons. The number of furan rings is 1. The molecule has 37 heavy (non-hydrogen) atoms. The van der Waals surface area contributed by atoms with Crippen LogP contribution in [0.3, 0.4) is 0 Å². The van der Waals surface area contributed by atoms with Crippen LogP contribution >= 0.6 is 0 Å². The van der Waals surface area contributed by atoms with Gasteiger partial charge in [-0.1, -0.05) is 42.5 Å². The van der Waals surface area contributed by atoms with Gasteiger partial charge in [-0.2, -0.15) is 0 Å². The van der Waals surface area contributed by atoms with Crippen molar-refractivity contribution in [1.29, 1.82) is 0 Å². The van der Waals surface area contributed by atoms with Crippen molar-refractivity contribution in [2.24, 2.45) is 0 Å². The van der Waals surface area contributed by atoms with Gasteiger partial charge in [-0.15, -0.1) is 0 Å². The van der Waals surface area contributed by atoms with E-state index >= 15 is 0 Å². The summed E-state index contributed by atoms with van der Waals surface area (Å²) in [4.78, 5) is 12.8. The van der Waals surface area contributed by atoms with Crippen molar-refractivity contribution >= 4 is 33.2 Å². The van der Waals surface area contributed by atoms with Gasteiger partial charge >= 0.3 is 0 Å². The van der Waals surface area contributed by atoms with Crippen LogP contribution in [-0.2, 0) is 11.3 Å². The van der Waals surface area contributed by atoms with E-state index < -0.39 is 0 Å².